The Morgan fingerprint density at radius 2 is 2.03 bits per heavy atom. The van der Waals surface area contributed by atoms with E-state index in [4.69, 9.17) is 9.47 Å². The zero-order valence-electron chi connectivity index (χ0n) is 15.9. The highest BCUT2D eigenvalue weighted by atomic mass is 32.1. The van der Waals surface area contributed by atoms with Crippen LogP contribution in [-0.4, -0.2) is 49.0 Å². The number of urea groups is 1. The summed E-state index contributed by atoms with van der Waals surface area (Å²) in [7, 11) is 0. The molecule has 1 atom stereocenters. The van der Waals surface area contributed by atoms with E-state index < -0.39 is 17.5 Å². The highest BCUT2D eigenvalue weighted by Crippen LogP contribution is 2.36. The maximum Gasteiger partial charge on any atom is 0.325 e. The molecular weight excluding hydrogens is 394 g/mol. The van der Waals surface area contributed by atoms with Gasteiger partial charge in [0.05, 0.1) is 0 Å². The molecule has 0 aliphatic carbocycles. The number of hydrogen-bond acceptors (Lipinski definition) is 6. The van der Waals surface area contributed by atoms with Crippen LogP contribution in [0.5, 0.6) is 11.5 Å². The number of thiophene rings is 1. The van der Waals surface area contributed by atoms with Crippen molar-refractivity contribution in [3.05, 3.63) is 46.2 Å². The molecule has 1 fully saturated rings. The second-order valence-corrected chi connectivity index (χ2v) is 8.02. The average molecular weight is 415 g/mol. The molecule has 4 rings (SSSR count). The first-order valence-corrected chi connectivity index (χ1v) is 10.2. The standard InChI is InChI=1S/C20H21N3O5S/c1-20(13-4-5-15-16(11-13)28-9-8-27-15)18(25)23(19(26)22-20)12-17(24)21-7-6-14-3-2-10-29-14/h2-5,10-11H,6-9,12H2,1H3,(H,21,24)(H,22,26). The third-order valence-corrected chi connectivity index (χ3v) is 5.91. The lowest BCUT2D eigenvalue weighted by atomic mass is 9.91. The Balaban J connectivity index is 1.42. The van der Waals surface area contributed by atoms with E-state index in [1.54, 1.807) is 36.5 Å². The molecule has 1 aromatic heterocycles. The number of ether oxygens (including phenoxy) is 2. The van der Waals surface area contributed by atoms with E-state index in [2.05, 4.69) is 10.6 Å². The summed E-state index contributed by atoms with van der Waals surface area (Å²) in [5, 5.41) is 7.43. The van der Waals surface area contributed by atoms with Gasteiger partial charge in [-0.25, -0.2) is 4.79 Å². The van der Waals surface area contributed by atoms with Crippen LogP contribution in [0.25, 0.3) is 0 Å². The molecule has 0 radical (unpaired) electrons. The van der Waals surface area contributed by atoms with Crippen LogP contribution in [0.3, 0.4) is 0 Å². The smallest absolute Gasteiger partial charge is 0.325 e. The molecule has 2 aromatic rings. The lowest BCUT2D eigenvalue weighted by Crippen LogP contribution is -2.43. The van der Waals surface area contributed by atoms with Gasteiger partial charge in [-0.15, -0.1) is 11.3 Å². The predicted molar refractivity (Wildman–Crippen MR) is 106 cm³/mol. The van der Waals surface area contributed by atoms with Gasteiger partial charge in [-0.2, -0.15) is 0 Å². The Labute approximate surface area is 171 Å². The van der Waals surface area contributed by atoms with Crippen molar-refractivity contribution in [1.82, 2.24) is 15.5 Å². The molecule has 1 saturated heterocycles. The van der Waals surface area contributed by atoms with Crippen molar-refractivity contribution in [2.75, 3.05) is 26.3 Å². The van der Waals surface area contributed by atoms with Crippen LogP contribution in [-0.2, 0) is 21.5 Å². The van der Waals surface area contributed by atoms with Gasteiger partial charge in [0, 0.05) is 11.4 Å². The minimum absolute atomic E-state index is 0.324. The van der Waals surface area contributed by atoms with Crippen LogP contribution in [0.1, 0.15) is 17.4 Å². The van der Waals surface area contributed by atoms with Gasteiger partial charge in [-0.1, -0.05) is 12.1 Å². The summed E-state index contributed by atoms with van der Waals surface area (Å²) in [6.45, 7) is 2.63. The molecule has 0 bridgehead atoms. The largest absolute Gasteiger partial charge is 0.486 e. The van der Waals surface area contributed by atoms with Crippen molar-refractivity contribution < 1.29 is 23.9 Å². The zero-order chi connectivity index (χ0) is 20.4. The van der Waals surface area contributed by atoms with Gasteiger partial charge in [0.2, 0.25) is 5.91 Å². The fourth-order valence-corrected chi connectivity index (χ4v) is 4.08. The summed E-state index contributed by atoms with van der Waals surface area (Å²) in [6.07, 6.45) is 0.707. The minimum atomic E-state index is -1.27. The zero-order valence-corrected chi connectivity index (χ0v) is 16.7. The number of carbonyl (C=O) groups excluding carboxylic acids is 3. The van der Waals surface area contributed by atoms with E-state index in [1.807, 2.05) is 17.5 Å². The van der Waals surface area contributed by atoms with Crippen LogP contribution in [0.4, 0.5) is 4.79 Å². The van der Waals surface area contributed by atoms with Crippen molar-refractivity contribution in [1.29, 1.82) is 0 Å². The summed E-state index contributed by atoms with van der Waals surface area (Å²) in [6, 6.07) is 8.48. The molecule has 8 nitrogen and oxygen atoms in total. The Kier molecular flexibility index (Phi) is 5.14. The molecule has 2 aliphatic rings. The fraction of sp³-hybridized carbons (Fsp3) is 0.350. The summed E-state index contributed by atoms with van der Waals surface area (Å²) in [4.78, 5) is 39.8. The van der Waals surface area contributed by atoms with Crippen molar-refractivity contribution >= 4 is 29.2 Å². The number of amides is 4. The molecular formula is C20H21N3O5S. The third-order valence-electron chi connectivity index (χ3n) is 4.97. The second-order valence-electron chi connectivity index (χ2n) is 6.98. The van der Waals surface area contributed by atoms with Crippen LogP contribution < -0.4 is 20.1 Å². The number of hydrogen-bond donors (Lipinski definition) is 2. The monoisotopic (exact) mass is 415 g/mol. The number of imide groups is 1. The third kappa shape index (κ3) is 3.77. The SMILES string of the molecule is CC1(c2ccc3c(c2)OCCO3)NC(=O)N(CC(=O)NCCc2cccs2)C1=O. The average Bonchev–Trinajstić information content (AvgIpc) is 3.31. The Hall–Kier alpha value is -3.07. The van der Waals surface area contributed by atoms with E-state index in [1.165, 1.54) is 0 Å². The normalized spacial score (nSPS) is 20.5. The second kappa shape index (κ2) is 7.75. The van der Waals surface area contributed by atoms with Crippen LogP contribution >= 0.6 is 11.3 Å². The molecule has 9 heteroatoms. The first kappa shape index (κ1) is 19.3. The summed E-state index contributed by atoms with van der Waals surface area (Å²) in [5.41, 5.74) is -0.704. The van der Waals surface area contributed by atoms with Crippen molar-refractivity contribution in [2.24, 2.45) is 0 Å². The molecule has 152 valence electrons. The number of fused-ring (bicyclic) bond motifs is 1. The Morgan fingerprint density at radius 1 is 1.24 bits per heavy atom. The quantitative estimate of drug-likeness (QED) is 0.700. The maximum absolute atomic E-state index is 13.0. The molecule has 4 amide bonds. The Bertz CT molecular complexity index is 946. The van der Waals surface area contributed by atoms with E-state index in [-0.39, 0.29) is 12.5 Å². The van der Waals surface area contributed by atoms with Crippen molar-refractivity contribution in [3.63, 3.8) is 0 Å². The highest BCUT2D eigenvalue weighted by Gasteiger charge is 2.49. The number of carbonyl (C=O) groups is 3. The van der Waals surface area contributed by atoms with E-state index in [9.17, 15) is 14.4 Å². The van der Waals surface area contributed by atoms with Crippen LogP contribution in [0.2, 0.25) is 0 Å². The summed E-state index contributed by atoms with van der Waals surface area (Å²) >= 11 is 1.62. The summed E-state index contributed by atoms with van der Waals surface area (Å²) in [5.74, 6) is 0.271. The maximum atomic E-state index is 13.0. The first-order chi connectivity index (χ1) is 14.0. The molecule has 2 aliphatic heterocycles. The topological polar surface area (TPSA) is 97.0 Å². The Morgan fingerprint density at radius 3 is 2.79 bits per heavy atom. The van der Waals surface area contributed by atoms with Crippen molar-refractivity contribution in [2.45, 2.75) is 18.9 Å². The van der Waals surface area contributed by atoms with Gasteiger partial charge >= 0.3 is 6.03 Å². The van der Waals surface area contributed by atoms with Crippen LogP contribution in [0, 0.1) is 0 Å². The fourth-order valence-electron chi connectivity index (χ4n) is 3.37. The molecule has 3 heterocycles. The molecule has 1 unspecified atom stereocenters. The lowest BCUT2D eigenvalue weighted by Gasteiger charge is -2.25. The van der Waals surface area contributed by atoms with E-state index in [0.717, 1.165) is 9.78 Å². The van der Waals surface area contributed by atoms with E-state index >= 15 is 0 Å². The van der Waals surface area contributed by atoms with Gasteiger partial charge in [-0.05, 0) is 42.5 Å². The van der Waals surface area contributed by atoms with Crippen LogP contribution in [0.15, 0.2) is 35.7 Å². The molecule has 29 heavy (non-hydrogen) atoms. The number of nitrogens with zero attached hydrogens (tertiary/aromatic N) is 1. The van der Waals surface area contributed by atoms with Gasteiger partial charge in [0.15, 0.2) is 11.5 Å². The molecule has 0 spiro atoms. The summed E-state index contributed by atoms with van der Waals surface area (Å²) < 4.78 is 11.1. The van der Waals surface area contributed by atoms with Gasteiger partial charge < -0.3 is 20.1 Å². The number of benzene rings is 1. The minimum Gasteiger partial charge on any atom is -0.486 e. The van der Waals surface area contributed by atoms with Gasteiger partial charge in [-0.3, -0.25) is 14.5 Å². The van der Waals surface area contributed by atoms with Gasteiger partial charge in [0.1, 0.15) is 25.3 Å². The molecule has 0 saturated carbocycles. The van der Waals surface area contributed by atoms with Gasteiger partial charge in [0.25, 0.3) is 5.91 Å². The van der Waals surface area contributed by atoms with E-state index in [0.29, 0.717) is 43.2 Å². The predicted octanol–water partition coefficient (Wildman–Crippen LogP) is 1.65. The van der Waals surface area contributed by atoms with Crippen molar-refractivity contribution in [3.8, 4) is 11.5 Å². The molecule has 1 aromatic carbocycles. The number of rotatable bonds is 6. The number of nitrogens with one attached hydrogen (secondary N) is 2. The highest BCUT2D eigenvalue weighted by molar-refractivity contribution is 7.09. The lowest BCUT2D eigenvalue weighted by molar-refractivity contribution is -0.134. The first-order valence-electron chi connectivity index (χ1n) is 9.31. The molecule has 2 N–H and O–H groups in total.